The Kier molecular flexibility index (Phi) is 5.13. The van der Waals surface area contributed by atoms with Crippen molar-refractivity contribution >= 4 is 0 Å². The lowest BCUT2D eigenvalue weighted by molar-refractivity contribution is 0.167. The largest absolute Gasteiger partial charge is 0.491 e. The molecule has 106 valence electrons. The summed E-state index contributed by atoms with van der Waals surface area (Å²) in [5.41, 5.74) is 1.92. The summed E-state index contributed by atoms with van der Waals surface area (Å²) in [5.74, 6) is 0.834. The molecule has 0 fully saturated rings. The van der Waals surface area contributed by atoms with Crippen LogP contribution in [0.1, 0.15) is 37.6 Å². The molecule has 0 saturated carbocycles. The van der Waals surface area contributed by atoms with Crippen LogP contribution in [0.5, 0.6) is 5.75 Å². The van der Waals surface area contributed by atoms with Crippen LogP contribution in [0, 0.1) is 0 Å². The molecular weight excluding hydrogens is 250 g/mol. The Morgan fingerprint density at radius 1 is 1.10 bits per heavy atom. The first-order valence-corrected chi connectivity index (χ1v) is 7.00. The van der Waals surface area contributed by atoms with Crippen LogP contribution in [0.3, 0.4) is 0 Å². The molecule has 0 bridgehead atoms. The van der Waals surface area contributed by atoms with Crippen molar-refractivity contribution in [3.05, 3.63) is 59.9 Å². The molecule has 1 aromatic heterocycles. The van der Waals surface area contributed by atoms with Crippen LogP contribution in [0.25, 0.3) is 0 Å². The number of hydrogen-bond acceptors (Lipinski definition) is 3. The van der Waals surface area contributed by atoms with Crippen LogP contribution < -0.4 is 4.74 Å². The second-order valence-electron chi connectivity index (χ2n) is 5.11. The Morgan fingerprint density at radius 3 is 2.45 bits per heavy atom. The molecule has 1 N–H and O–H groups in total. The number of rotatable bonds is 6. The number of aromatic nitrogens is 1. The average molecular weight is 271 g/mol. The van der Waals surface area contributed by atoms with E-state index in [4.69, 9.17) is 4.74 Å². The van der Waals surface area contributed by atoms with Crippen molar-refractivity contribution < 1.29 is 9.84 Å². The van der Waals surface area contributed by atoms with Gasteiger partial charge in [-0.2, -0.15) is 0 Å². The predicted octanol–water partition coefficient (Wildman–Crippen LogP) is 3.54. The lowest BCUT2D eigenvalue weighted by Gasteiger charge is -2.13. The van der Waals surface area contributed by atoms with Gasteiger partial charge in [-0.15, -0.1) is 0 Å². The Bertz CT molecular complexity index is 508. The van der Waals surface area contributed by atoms with Gasteiger partial charge in [0, 0.05) is 11.9 Å². The molecule has 3 nitrogen and oxygen atoms in total. The molecule has 0 aliphatic heterocycles. The van der Waals surface area contributed by atoms with Gasteiger partial charge >= 0.3 is 0 Å². The molecule has 1 aromatic carbocycles. The van der Waals surface area contributed by atoms with Gasteiger partial charge in [0.25, 0.3) is 0 Å². The topological polar surface area (TPSA) is 42.4 Å². The van der Waals surface area contributed by atoms with E-state index in [2.05, 4.69) is 4.98 Å². The second kappa shape index (κ2) is 7.06. The van der Waals surface area contributed by atoms with Gasteiger partial charge in [-0.25, -0.2) is 0 Å². The summed E-state index contributed by atoms with van der Waals surface area (Å²) in [5, 5.41) is 10.2. The van der Waals surface area contributed by atoms with Crippen LogP contribution in [0.2, 0.25) is 0 Å². The summed E-state index contributed by atoms with van der Waals surface area (Å²) in [6.45, 7) is 3.99. The highest BCUT2D eigenvalue weighted by atomic mass is 16.5. The molecule has 0 radical (unpaired) electrons. The van der Waals surface area contributed by atoms with Gasteiger partial charge in [0.05, 0.1) is 12.2 Å². The van der Waals surface area contributed by atoms with Gasteiger partial charge in [-0.1, -0.05) is 18.2 Å². The lowest BCUT2D eigenvalue weighted by Crippen LogP contribution is -2.06. The van der Waals surface area contributed by atoms with Crippen molar-refractivity contribution in [1.82, 2.24) is 4.98 Å². The van der Waals surface area contributed by atoms with Crippen molar-refractivity contribution in [3.8, 4) is 5.75 Å². The minimum atomic E-state index is -0.467. The molecule has 3 heteroatoms. The molecule has 20 heavy (non-hydrogen) atoms. The smallest absolute Gasteiger partial charge is 0.119 e. The maximum absolute atomic E-state index is 10.2. The van der Waals surface area contributed by atoms with Gasteiger partial charge in [0.1, 0.15) is 5.75 Å². The Hall–Kier alpha value is -1.87. The molecule has 1 unspecified atom stereocenters. The highest BCUT2D eigenvalue weighted by Gasteiger charge is 2.08. The van der Waals surface area contributed by atoms with E-state index in [0.717, 1.165) is 23.4 Å². The van der Waals surface area contributed by atoms with Crippen molar-refractivity contribution in [3.63, 3.8) is 0 Å². The number of aliphatic hydroxyl groups excluding tert-OH is 1. The lowest BCUT2D eigenvalue weighted by atomic mass is 10.0. The number of pyridine rings is 1. The zero-order chi connectivity index (χ0) is 14.4. The first-order valence-electron chi connectivity index (χ1n) is 7.00. The van der Waals surface area contributed by atoms with Gasteiger partial charge in [0.15, 0.2) is 0 Å². The monoisotopic (exact) mass is 271 g/mol. The number of nitrogens with zero attached hydrogens (tertiary/aromatic N) is 1. The summed E-state index contributed by atoms with van der Waals surface area (Å²) in [6.07, 6.45) is 2.91. The zero-order valence-electron chi connectivity index (χ0n) is 12.0. The maximum atomic E-state index is 10.2. The van der Waals surface area contributed by atoms with E-state index in [-0.39, 0.29) is 6.10 Å². The highest BCUT2D eigenvalue weighted by Crippen LogP contribution is 2.22. The molecular formula is C17H21NO2. The first kappa shape index (κ1) is 14.5. The maximum Gasteiger partial charge on any atom is 0.119 e. The van der Waals surface area contributed by atoms with Crippen LogP contribution in [-0.2, 0) is 6.42 Å². The Labute approximate surface area is 120 Å². The minimum Gasteiger partial charge on any atom is -0.491 e. The van der Waals surface area contributed by atoms with Crippen molar-refractivity contribution in [1.29, 1.82) is 0 Å². The fourth-order valence-corrected chi connectivity index (χ4v) is 2.04. The standard InChI is InChI=1S/C17H21NO2/c1-13(2)20-16-9-6-14(7-10-16)17(19)11-8-15-5-3-4-12-18-15/h3-7,9-10,12-13,17,19H,8,11H2,1-2H3. The van der Waals surface area contributed by atoms with Crippen molar-refractivity contribution in [2.45, 2.75) is 38.9 Å². The van der Waals surface area contributed by atoms with Gasteiger partial charge in [-0.05, 0) is 56.5 Å². The van der Waals surface area contributed by atoms with E-state index in [1.165, 1.54) is 0 Å². The molecule has 0 aliphatic rings. The van der Waals surface area contributed by atoms with E-state index in [1.807, 2.05) is 56.3 Å². The van der Waals surface area contributed by atoms with E-state index in [1.54, 1.807) is 6.20 Å². The molecule has 2 aromatic rings. The SMILES string of the molecule is CC(C)Oc1ccc(C(O)CCc2ccccn2)cc1. The molecule has 0 amide bonds. The van der Waals surface area contributed by atoms with E-state index in [9.17, 15) is 5.11 Å². The third kappa shape index (κ3) is 4.35. The van der Waals surface area contributed by atoms with Gasteiger partial charge in [0.2, 0.25) is 0 Å². The molecule has 1 heterocycles. The van der Waals surface area contributed by atoms with Crippen LogP contribution >= 0.6 is 0 Å². The first-order chi connectivity index (χ1) is 9.65. The summed E-state index contributed by atoms with van der Waals surface area (Å²) >= 11 is 0. The zero-order valence-corrected chi connectivity index (χ0v) is 12.0. The number of aryl methyl sites for hydroxylation is 1. The van der Waals surface area contributed by atoms with E-state index < -0.39 is 6.10 Å². The number of aliphatic hydroxyl groups is 1. The quantitative estimate of drug-likeness (QED) is 0.874. The molecule has 0 aliphatic carbocycles. The van der Waals surface area contributed by atoms with Crippen molar-refractivity contribution in [2.24, 2.45) is 0 Å². The van der Waals surface area contributed by atoms with Crippen molar-refractivity contribution in [2.75, 3.05) is 0 Å². The molecule has 0 spiro atoms. The summed E-state index contributed by atoms with van der Waals surface area (Å²) < 4.78 is 5.59. The van der Waals surface area contributed by atoms with Gasteiger partial charge < -0.3 is 9.84 Å². The predicted molar refractivity (Wildman–Crippen MR) is 79.7 cm³/mol. The third-order valence-electron chi connectivity index (χ3n) is 3.04. The second-order valence-corrected chi connectivity index (χ2v) is 5.11. The molecule has 1 atom stereocenters. The van der Waals surface area contributed by atoms with Crippen LogP contribution in [-0.4, -0.2) is 16.2 Å². The highest BCUT2D eigenvalue weighted by molar-refractivity contribution is 5.28. The summed E-state index contributed by atoms with van der Waals surface area (Å²) in [4.78, 5) is 4.26. The van der Waals surface area contributed by atoms with Gasteiger partial charge in [-0.3, -0.25) is 4.98 Å². The number of ether oxygens (including phenoxy) is 1. The number of hydrogen-bond donors (Lipinski definition) is 1. The molecule has 2 rings (SSSR count). The third-order valence-corrected chi connectivity index (χ3v) is 3.04. The van der Waals surface area contributed by atoms with E-state index >= 15 is 0 Å². The Morgan fingerprint density at radius 2 is 1.85 bits per heavy atom. The summed E-state index contributed by atoms with van der Waals surface area (Å²) in [7, 11) is 0. The Balaban J connectivity index is 1.90. The minimum absolute atomic E-state index is 0.162. The van der Waals surface area contributed by atoms with E-state index in [0.29, 0.717) is 6.42 Å². The normalized spacial score (nSPS) is 12.4. The fourth-order valence-electron chi connectivity index (χ4n) is 2.04. The molecule has 0 saturated heterocycles. The summed E-state index contributed by atoms with van der Waals surface area (Å²) in [6, 6.07) is 13.5. The average Bonchev–Trinajstić information content (AvgIpc) is 2.46. The van der Waals surface area contributed by atoms with Crippen LogP contribution in [0.15, 0.2) is 48.7 Å². The fraction of sp³-hybridized carbons (Fsp3) is 0.353. The number of benzene rings is 1. The van der Waals surface area contributed by atoms with Crippen LogP contribution in [0.4, 0.5) is 0 Å².